The fraction of sp³-hybridized carbons (Fsp3) is 0.914. The van der Waals surface area contributed by atoms with E-state index in [1.165, 1.54) is 231 Å². The number of phosphoric acid groups is 1. The average molecular weight is 969 g/mol. The Hall–Kier alpha value is -1.02. The molecule has 0 aromatic heterocycles. The molecule has 8 nitrogen and oxygen atoms in total. The minimum absolute atomic E-state index is 0.0588. The van der Waals surface area contributed by atoms with Gasteiger partial charge in [-0.25, -0.2) is 4.57 Å². The molecule has 0 heterocycles. The zero-order valence-corrected chi connectivity index (χ0v) is 46.3. The summed E-state index contributed by atoms with van der Waals surface area (Å²) >= 11 is 0. The molecule has 0 saturated heterocycles. The molecule has 1 amide bonds. The van der Waals surface area contributed by atoms with Crippen LogP contribution >= 0.6 is 7.82 Å². The van der Waals surface area contributed by atoms with Gasteiger partial charge in [-0.2, -0.15) is 0 Å². The van der Waals surface area contributed by atoms with Crippen LogP contribution in [0.2, 0.25) is 0 Å². The minimum atomic E-state index is -4.35. The highest BCUT2D eigenvalue weighted by Gasteiger charge is 2.27. The molecule has 0 rings (SSSR count). The quantitative estimate of drug-likeness (QED) is 0.0243. The van der Waals surface area contributed by atoms with Crippen LogP contribution in [0.1, 0.15) is 290 Å². The van der Waals surface area contributed by atoms with E-state index in [2.05, 4.69) is 31.3 Å². The van der Waals surface area contributed by atoms with Crippen molar-refractivity contribution in [1.29, 1.82) is 0 Å². The number of nitrogens with zero attached hydrogens (tertiary/aromatic N) is 1. The lowest BCUT2D eigenvalue weighted by Crippen LogP contribution is -2.45. The van der Waals surface area contributed by atoms with Crippen LogP contribution in [-0.2, 0) is 18.4 Å². The molecule has 398 valence electrons. The number of nitrogens with one attached hydrogen (secondary N) is 1. The lowest BCUT2D eigenvalue weighted by Gasteiger charge is -2.25. The third-order valence-corrected chi connectivity index (χ3v) is 14.4. The predicted octanol–water partition coefficient (Wildman–Crippen LogP) is 17.6. The molecule has 0 fully saturated rings. The normalized spacial score (nSPS) is 14.1. The third kappa shape index (κ3) is 52.6. The number of hydrogen-bond acceptors (Lipinski definition) is 5. The highest BCUT2D eigenvalue weighted by molar-refractivity contribution is 7.47. The molecule has 0 bridgehead atoms. The molecule has 0 radical (unpaired) electrons. The van der Waals surface area contributed by atoms with Crippen LogP contribution < -0.4 is 5.32 Å². The van der Waals surface area contributed by atoms with Gasteiger partial charge in [-0.05, 0) is 32.1 Å². The van der Waals surface area contributed by atoms with Crippen LogP contribution in [0.25, 0.3) is 0 Å². The molecule has 0 saturated carbocycles. The molecule has 0 aromatic rings. The van der Waals surface area contributed by atoms with Gasteiger partial charge in [0.05, 0.1) is 39.9 Å². The van der Waals surface area contributed by atoms with E-state index in [4.69, 9.17) is 9.05 Å². The van der Waals surface area contributed by atoms with Gasteiger partial charge in [-0.15, -0.1) is 0 Å². The summed E-state index contributed by atoms with van der Waals surface area (Å²) in [6.07, 6.45) is 62.8. The number of phosphoric ester groups is 1. The van der Waals surface area contributed by atoms with Gasteiger partial charge in [0.2, 0.25) is 5.91 Å². The van der Waals surface area contributed by atoms with Gasteiger partial charge in [0.25, 0.3) is 0 Å². The maximum absolute atomic E-state index is 13.0. The molecule has 0 aliphatic carbocycles. The van der Waals surface area contributed by atoms with Crippen molar-refractivity contribution >= 4 is 13.7 Å². The van der Waals surface area contributed by atoms with E-state index in [0.29, 0.717) is 17.4 Å². The van der Waals surface area contributed by atoms with Crippen molar-refractivity contribution in [2.45, 2.75) is 302 Å². The summed E-state index contributed by atoms with van der Waals surface area (Å²) < 4.78 is 23.7. The first-order valence-corrected chi connectivity index (χ1v) is 30.7. The van der Waals surface area contributed by atoms with Crippen molar-refractivity contribution in [3.8, 4) is 0 Å². The number of carbonyl (C=O) groups is 1. The van der Waals surface area contributed by atoms with E-state index < -0.39 is 20.0 Å². The summed E-state index contributed by atoms with van der Waals surface area (Å²) in [6, 6.07) is -0.860. The molecule has 3 atom stereocenters. The lowest BCUT2D eigenvalue weighted by atomic mass is 10.0. The smallest absolute Gasteiger partial charge is 0.387 e. The first kappa shape index (κ1) is 66.0. The van der Waals surface area contributed by atoms with Crippen LogP contribution in [0.3, 0.4) is 0 Å². The number of rotatable bonds is 54. The van der Waals surface area contributed by atoms with Crippen molar-refractivity contribution in [2.75, 3.05) is 40.9 Å². The monoisotopic (exact) mass is 968 g/mol. The summed E-state index contributed by atoms with van der Waals surface area (Å²) in [5.41, 5.74) is 0. The fourth-order valence-corrected chi connectivity index (χ4v) is 9.56. The summed E-state index contributed by atoms with van der Waals surface area (Å²) in [7, 11) is 1.57. The molecule has 67 heavy (non-hydrogen) atoms. The number of amides is 1. The molecular weight excluding hydrogens is 852 g/mol. The van der Waals surface area contributed by atoms with Gasteiger partial charge < -0.3 is 19.8 Å². The van der Waals surface area contributed by atoms with E-state index in [9.17, 15) is 19.4 Å². The molecular formula is C58H116N2O6P+. The number of carbonyl (C=O) groups excluding carboxylic acids is 1. The first-order chi connectivity index (χ1) is 32.5. The van der Waals surface area contributed by atoms with E-state index in [0.717, 1.165) is 38.5 Å². The Kier molecular flexibility index (Phi) is 49.2. The Morgan fingerprint density at radius 2 is 0.821 bits per heavy atom. The Morgan fingerprint density at radius 3 is 1.19 bits per heavy atom. The Morgan fingerprint density at radius 1 is 0.493 bits per heavy atom. The predicted molar refractivity (Wildman–Crippen MR) is 291 cm³/mol. The number of allylic oxidation sites excluding steroid dienone is 3. The van der Waals surface area contributed by atoms with Gasteiger partial charge in [-0.3, -0.25) is 13.8 Å². The average Bonchev–Trinajstić information content (AvgIpc) is 3.29. The van der Waals surface area contributed by atoms with Crippen LogP contribution in [0.4, 0.5) is 0 Å². The van der Waals surface area contributed by atoms with E-state index in [1.54, 1.807) is 6.08 Å². The van der Waals surface area contributed by atoms with Crippen molar-refractivity contribution in [2.24, 2.45) is 0 Å². The highest BCUT2D eigenvalue weighted by atomic mass is 31.2. The SMILES string of the molecule is CCCCCCCCCCCCCCCCCCCC/C=C/CC/C=C/C(O)C(COP(=O)(O)OCC[N+](C)(C)C)NC(=O)CCCCCCCCCCCCCCCCCCCCCCC. The standard InChI is InChI=1S/C58H115N2O6P/c1-6-8-10-12-14-16-18-20-22-24-26-28-29-30-32-33-35-37-39-41-43-45-47-49-51-57(61)56(55-66-67(63,64)65-54-53-60(3,4)5)59-58(62)52-50-48-46-44-42-40-38-36-34-31-27-25-23-21-19-17-15-13-11-9-7-2/h41,43,49,51,56-57,61H,6-40,42,44-48,50,52-55H2,1-5H3,(H-,59,62,63,64)/p+1/b43-41+,51-49+. The largest absolute Gasteiger partial charge is 0.472 e. The van der Waals surface area contributed by atoms with Crippen LogP contribution in [0, 0.1) is 0 Å². The number of aliphatic hydroxyl groups is 1. The summed E-state index contributed by atoms with van der Waals surface area (Å²) in [6.45, 7) is 4.84. The molecule has 0 aromatic carbocycles. The second kappa shape index (κ2) is 49.9. The maximum atomic E-state index is 13.0. The zero-order chi connectivity index (χ0) is 49.2. The second-order valence-electron chi connectivity index (χ2n) is 21.4. The van der Waals surface area contributed by atoms with Crippen molar-refractivity contribution in [3.05, 3.63) is 24.3 Å². The van der Waals surface area contributed by atoms with Gasteiger partial charge >= 0.3 is 7.82 Å². The van der Waals surface area contributed by atoms with Crippen molar-refractivity contribution in [1.82, 2.24) is 5.32 Å². The summed E-state index contributed by atoms with van der Waals surface area (Å²) in [5.74, 6) is -0.180. The number of likely N-dealkylation sites (N-methyl/N-ethyl adjacent to an activating group) is 1. The molecule has 9 heteroatoms. The Labute approximate surface area is 417 Å². The van der Waals surface area contributed by atoms with Crippen LogP contribution in [-0.4, -0.2) is 73.4 Å². The molecule has 0 aliphatic rings. The molecule has 0 aliphatic heterocycles. The van der Waals surface area contributed by atoms with E-state index in [1.807, 2.05) is 27.2 Å². The molecule has 3 N–H and O–H groups in total. The molecule has 3 unspecified atom stereocenters. The third-order valence-electron chi connectivity index (χ3n) is 13.4. The van der Waals surface area contributed by atoms with Crippen molar-refractivity contribution < 1.29 is 32.9 Å². The van der Waals surface area contributed by atoms with Crippen molar-refractivity contribution in [3.63, 3.8) is 0 Å². The number of hydrogen-bond donors (Lipinski definition) is 3. The van der Waals surface area contributed by atoms with Gasteiger partial charge in [0.1, 0.15) is 13.2 Å². The van der Waals surface area contributed by atoms with Crippen LogP contribution in [0.15, 0.2) is 24.3 Å². The highest BCUT2D eigenvalue weighted by Crippen LogP contribution is 2.43. The van der Waals surface area contributed by atoms with Gasteiger partial charge in [0, 0.05) is 6.42 Å². The summed E-state index contributed by atoms with van der Waals surface area (Å²) in [4.78, 5) is 23.3. The minimum Gasteiger partial charge on any atom is -0.387 e. The van der Waals surface area contributed by atoms with Gasteiger partial charge in [0.15, 0.2) is 0 Å². The zero-order valence-electron chi connectivity index (χ0n) is 45.4. The number of unbranched alkanes of at least 4 members (excludes halogenated alkanes) is 39. The topological polar surface area (TPSA) is 105 Å². The fourth-order valence-electron chi connectivity index (χ4n) is 8.83. The summed E-state index contributed by atoms with van der Waals surface area (Å²) in [5, 5.41) is 13.9. The van der Waals surface area contributed by atoms with Crippen LogP contribution in [0.5, 0.6) is 0 Å². The number of aliphatic hydroxyl groups excluding tert-OH is 1. The second-order valence-corrected chi connectivity index (χ2v) is 22.8. The lowest BCUT2D eigenvalue weighted by molar-refractivity contribution is -0.870. The first-order valence-electron chi connectivity index (χ1n) is 29.2. The Bertz CT molecular complexity index is 1140. The van der Waals surface area contributed by atoms with E-state index in [-0.39, 0.29) is 19.1 Å². The maximum Gasteiger partial charge on any atom is 0.472 e. The van der Waals surface area contributed by atoms with Gasteiger partial charge in [-0.1, -0.05) is 276 Å². The molecule has 0 spiro atoms. The number of quaternary nitrogens is 1. The van der Waals surface area contributed by atoms with E-state index >= 15 is 0 Å². The Balaban J connectivity index is 4.23.